The standard InChI is InChI=1S/C10H9BrF3O/c1-6(5-15)7-2-3-9(11)8(4-7)10(12,13)14/h2-4,6,15H,1,5H2. The first-order valence-corrected chi connectivity index (χ1v) is 4.96. The van der Waals surface area contributed by atoms with Gasteiger partial charge in [0.2, 0.25) is 0 Å². The molecule has 15 heavy (non-hydrogen) atoms. The van der Waals surface area contributed by atoms with Crippen LogP contribution in [0.4, 0.5) is 13.2 Å². The Hall–Kier alpha value is -0.550. The number of aliphatic hydroxyl groups is 1. The molecule has 5 heteroatoms. The lowest BCUT2D eigenvalue weighted by Crippen LogP contribution is -2.08. The second-order valence-electron chi connectivity index (χ2n) is 3.12. The Balaban J connectivity index is 3.17. The highest BCUT2D eigenvalue weighted by molar-refractivity contribution is 9.10. The fourth-order valence-corrected chi connectivity index (χ4v) is 1.59. The number of aliphatic hydroxyl groups excluding tert-OH is 1. The quantitative estimate of drug-likeness (QED) is 0.881. The smallest absolute Gasteiger partial charge is 0.396 e. The highest BCUT2D eigenvalue weighted by atomic mass is 79.9. The van der Waals surface area contributed by atoms with Gasteiger partial charge in [-0.25, -0.2) is 0 Å². The van der Waals surface area contributed by atoms with Gasteiger partial charge in [0.15, 0.2) is 0 Å². The van der Waals surface area contributed by atoms with Gasteiger partial charge in [-0.3, -0.25) is 0 Å². The van der Waals surface area contributed by atoms with Crippen LogP contribution in [0.15, 0.2) is 22.7 Å². The Bertz CT molecular complexity index is 349. The molecule has 1 nitrogen and oxygen atoms in total. The van der Waals surface area contributed by atoms with Gasteiger partial charge in [0.25, 0.3) is 0 Å². The van der Waals surface area contributed by atoms with E-state index >= 15 is 0 Å². The first-order chi connectivity index (χ1) is 6.86. The zero-order valence-corrected chi connectivity index (χ0v) is 9.27. The van der Waals surface area contributed by atoms with Crippen molar-refractivity contribution in [2.24, 2.45) is 0 Å². The van der Waals surface area contributed by atoms with Crippen molar-refractivity contribution in [3.63, 3.8) is 0 Å². The first-order valence-electron chi connectivity index (χ1n) is 4.17. The van der Waals surface area contributed by atoms with Crippen LogP contribution >= 0.6 is 15.9 Å². The van der Waals surface area contributed by atoms with Crippen molar-refractivity contribution in [2.45, 2.75) is 12.1 Å². The van der Waals surface area contributed by atoms with Crippen molar-refractivity contribution in [2.75, 3.05) is 6.61 Å². The Morgan fingerprint density at radius 3 is 2.47 bits per heavy atom. The average molecular weight is 282 g/mol. The van der Waals surface area contributed by atoms with Gasteiger partial charge in [-0.1, -0.05) is 22.0 Å². The van der Waals surface area contributed by atoms with Crippen LogP contribution in [0.2, 0.25) is 0 Å². The highest BCUT2D eigenvalue weighted by Crippen LogP contribution is 2.36. The minimum absolute atomic E-state index is 0.0103. The molecular weight excluding hydrogens is 273 g/mol. The SMILES string of the molecule is [CH2]C(CO)c1ccc(Br)c(C(F)(F)F)c1. The number of alkyl halides is 3. The lowest BCUT2D eigenvalue weighted by Gasteiger charge is -2.13. The Morgan fingerprint density at radius 1 is 1.40 bits per heavy atom. The van der Waals surface area contributed by atoms with E-state index in [0.29, 0.717) is 5.56 Å². The summed E-state index contributed by atoms with van der Waals surface area (Å²) in [6.07, 6.45) is -4.40. The molecule has 0 aliphatic heterocycles. The zero-order chi connectivity index (χ0) is 11.6. The van der Waals surface area contributed by atoms with E-state index in [1.54, 1.807) is 0 Å². The predicted molar refractivity (Wildman–Crippen MR) is 54.3 cm³/mol. The molecule has 0 aromatic heterocycles. The maximum Gasteiger partial charge on any atom is 0.417 e. The summed E-state index contributed by atoms with van der Waals surface area (Å²) >= 11 is 2.83. The number of benzene rings is 1. The summed E-state index contributed by atoms with van der Waals surface area (Å²) in [5.41, 5.74) is -0.380. The van der Waals surface area contributed by atoms with E-state index in [1.807, 2.05) is 0 Å². The first kappa shape index (κ1) is 12.5. The van der Waals surface area contributed by atoms with Crippen LogP contribution in [0.5, 0.6) is 0 Å². The molecule has 0 heterocycles. The summed E-state index contributed by atoms with van der Waals surface area (Å²) in [6.45, 7) is 3.27. The zero-order valence-electron chi connectivity index (χ0n) is 7.68. The molecule has 0 spiro atoms. The third kappa shape index (κ3) is 2.95. The number of hydrogen-bond donors (Lipinski definition) is 1. The topological polar surface area (TPSA) is 20.2 Å². The lowest BCUT2D eigenvalue weighted by atomic mass is 10.00. The van der Waals surface area contributed by atoms with E-state index in [4.69, 9.17) is 5.11 Å². The molecule has 0 amide bonds. The van der Waals surface area contributed by atoms with Gasteiger partial charge in [0.1, 0.15) is 0 Å². The van der Waals surface area contributed by atoms with Crippen LogP contribution in [-0.4, -0.2) is 11.7 Å². The van der Waals surface area contributed by atoms with Crippen molar-refractivity contribution in [1.29, 1.82) is 0 Å². The summed E-state index contributed by atoms with van der Waals surface area (Å²) < 4.78 is 37.4. The minimum Gasteiger partial charge on any atom is -0.396 e. The summed E-state index contributed by atoms with van der Waals surface area (Å²) in [7, 11) is 0. The van der Waals surface area contributed by atoms with Gasteiger partial charge < -0.3 is 5.11 Å². The van der Waals surface area contributed by atoms with Gasteiger partial charge in [-0.15, -0.1) is 0 Å². The molecule has 1 rings (SSSR count). The van der Waals surface area contributed by atoms with Crippen molar-refractivity contribution >= 4 is 15.9 Å². The lowest BCUT2D eigenvalue weighted by molar-refractivity contribution is -0.138. The molecule has 1 N–H and O–H groups in total. The maximum absolute atomic E-state index is 12.5. The number of rotatable bonds is 2. The van der Waals surface area contributed by atoms with E-state index in [1.165, 1.54) is 12.1 Å². The van der Waals surface area contributed by atoms with Crippen molar-refractivity contribution in [1.82, 2.24) is 0 Å². The molecule has 0 saturated heterocycles. The van der Waals surface area contributed by atoms with Crippen molar-refractivity contribution < 1.29 is 18.3 Å². The van der Waals surface area contributed by atoms with Gasteiger partial charge >= 0.3 is 6.18 Å². The second kappa shape index (κ2) is 4.53. The fraction of sp³-hybridized carbons (Fsp3) is 0.300. The average Bonchev–Trinajstić information content (AvgIpc) is 2.15. The van der Waals surface area contributed by atoms with Crippen LogP contribution in [0, 0.1) is 6.92 Å². The summed E-state index contributed by atoms with van der Waals surface area (Å²) in [5, 5.41) is 8.80. The van der Waals surface area contributed by atoms with Crippen LogP contribution in [0.1, 0.15) is 17.0 Å². The van der Waals surface area contributed by atoms with Gasteiger partial charge in [-0.05, 0) is 24.6 Å². The fourth-order valence-electron chi connectivity index (χ4n) is 1.12. The highest BCUT2D eigenvalue weighted by Gasteiger charge is 2.33. The third-order valence-corrected chi connectivity index (χ3v) is 2.68. The van der Waals surface area contributed by atoms with Crippen molar-refractivity contribution in [3.8, 4) is 0 Å². The minimum atomic E-state index is -4.40. The second-order valence-corrected chi connectivity index (χ2v) is 3.97. The molecular formula is C10H9BrF3O. The molecule has 1 aromatic carbocycles. The van der Waals surface area contributed by atoms with E-state index in [2.05, 4.69) is 22.9 Å². The predicted octanol–water partition coefficient (Wildman–Crippen LogP) is 3.38. The monoisotopic (exact) mass is 281 g/mol. The summed E-state index contributed by atoms with van der Waals surface area (Å²) in [5.74, 6) is -0.542. The van der Waals surface area contributed by atoms with Crippen LogP contribution < -0.4 is 0 Å². The van der Waals surface area contributed by atoms with Crippen LogP contribution in [0.3, 0.4) is 0 Å². The molecule has 1 atom stereocenters. The Morgan fingerprint density at radius 2 is 2.00 bits per heavy atom. The molecule has 0 saturated carbocycles. The van der Waals surface area contributed by atoms with E-state index in [-0.39, 0.29) is 11.1 Å². The third-order valence-electron chi connectivity index (χ3n) is 1.99. The summed E-state index contributed by atoms with van der Waals surface area (Å²) in [6, 6.07) is 3.82. The van der Waals surface area contributed by atoms with Gasteiger partial charge in [0.05, 0.1) is 5.56 Å². The normalized spacial score (nSPS) is 14.0. The Kier molecular flexibility index (Phi) is 3.78. The van der Waals surface area contributed by atoms with Gasteiger partial charge in [0, 0.05) is 17.0 Å². The summed E-state index contributed by atoms with van der Waals surface area (Å²) in [4.78, 5) is 0. The van der Waals surface area contributed by atoms with Crippen LogP contribution in [0.25, 0.3) is 0 Å². The molecule has 1 aromatic rings. The number of halogens is 4. The Labute approximate surface area is 94.0 Å². The van der Waals surface area contributed by atoms with Gasteiger partial charge in [-0.2, -0.15) is 13.2 Å². The van der Waals surface area contributed by atoms with Crippen molar-refractivity contribution in [3.05, 3.63) is 40.7 Å². The molecule has 0 fully saturated rings. The molecule has 83 valence electrons. The van der Waals surface area contributed by atoms with E-state index in [9.17, 15) is 13.2 Å². The molecule has 1 unspecified atom stereocenters. The largest absolute Gasteiger partial charge is 0.417 e. The molecule has 1 radical (unpaired) electrons. The maximum atomic E-state index is 12.5. The molecule has 0 bridgehead atoms. The molecule has 0 aliphatic carbocycles. The molecule has 0 aliphatic rings. The van der Waals surface area contributed by atoms with E-state index in [0.717, 1.165) is 6.07 Å². The number of hydrogen-bond acceptors (Lipinski definition) is 1. The van der Waals surface area contributed by atoms with E-state index < -0.39 is 17.7 Å². The van der Waals surface area contributed by atoms with Crippen LogP contribution in [-0.2, 0) is 6.18 Å².